The normalized spacial score (nSPS) is 16.0. The zero-order chi connectivity index (χ0) is 102. The Balaban J connectivity index is 1.36. The van der Waals surface area contributed by atoms with Gasteiger partial charge in [-0.2, -0.15) is 25.3 Å². The molecule has 0 saturated carbocycles. The molecular weight excluding hydrogens is 1820 g/mol. The molecule has 4 aromatic rings. The van der Waals surface area contributed by atoms with Crippen LogP contribution in [0.5, 0.6) is 0 Å². The average Bonchev–Trinajstić information content (AvgIpc) is 1.55. The highest BCUT2D eigenvalue weighted by Crippen LogP contribution is 2.25. The number of hydrogen-bond acceptors (Lipinski definition) is 25. The predicted molar refractivity (Wildman–Crippen MR) is 499 cm³/mol. The monoisotopic (exact) mass is 1950 g/mol. The fraction of sp³-hybridized carbons (Fsp3) is 0.580. The lowest BCUT2D eigenvalue weighted by Gasteiger charge is -2.31. The van der Waals surface area contributed by atoms with Gasteiger partial charge in [-0.15, -0.1) is 0 Å². The molecule has 3 heterocycles. The topological polar surface area (TPSA) is 747 Å². The molecule has 0 aliphatic carbocycles. The zero-order valence-electron chi connectivity index (χ0n) is 77.6. The van der Waals surface area contributed by atoms with Gasteiger partial charge in [0, 0.05) is 77.9 Å². The van der Waals surface area contributed by atoms with Crippen molar-refractivity contribution >= 4 is 171 Å². The van der Waals surface area contributed by atoms with E-state index < -0.39 is 301 Å². The Morgan fingerprint density at radius 2 is 0.801 bits per heavy atom. The highest BCUT2D eigenvalue weighted by molar-refractivity contribution is 7.80. The van der Waals surface area contributed by atoms with E-state index in [2.05, 4.69) is 110 Å². The average molecular weight is 1950 g/mol. The minimum atomic E-state index is -2.11. The maximum absolute atomic E-state index is 15.0. The van der Waals surface area contributed by atoms with Crippen molar-refractivity contribution in [1.29, 1.82) is 0 Å². The molecule has 46 nitrogen and oxygen atoms in total. The van der Waals surface area contributed by atoms with Gasteiger partial charge in [0.1, 0.15) is 90.6 Å². The quantitative estimate of drug-likeness (QED) is 0.0152. The standard InChI is InChI=1S/C88H131N21O25S2/c1-11-45(10)72(108-85(130)71(44(8)9)105-76(121)55(26-28-66(112)113)96-80(125)61(39-135)103-83(128)69(42(4)5)106-78(123)56(98-73(118)50(90)34-67(114)115)32-46-37-93-51-21-14-12-19-48(46)51)86(131)97-53(23-16-17-29-89)74(119)100-58(36-68(116)117)77(122)95-54(25-27-64(91)110)75(120)99-57(33-47-38-94-52-22-15-13-20-49(47)52)79(124)107-70(43(6)7)84(129)104-62(40-136)81(126)101-59(35-65(92)111)87(132)109-30-18-24-63(109)82(127)102-60(88(133)134)31-41(2)3/h12-15,19-22,37-38,41-45,50,53-63,69-72,93-94,135-136H,11,16-18,23-36,39-40,89-90H2,1-10H3,(H2,91,110)(H2,92,111)(H,95,122)(H,96,125)(H,97,131)(H,98,118)(H,99,120)(H,100,119)(H,101,126)(H,102,127)(H,103,128)(H,104,129)(H,105,121)(H,106,123)(H,107,124)(H,108,130)(H,112,113)(H,114,115)(H,116,117)(H,133,134)/t45-,50-,53-,54-,55-,56-,57-,58-,59-,60-,61-,62-,63-,69-,70-,71-,72-/m0/s1. The van der Waals surface area contributed by atoms with E-state index in [9.17, 15) is 121 Å². The van der Waals surface area contributed by atoms with Gasteiger partial charge >= 0.3 is 23.9 Å². The Morgan fingerprint density at radius 3 is 1.23 bits per heavy atom. The van der Waals surface area contributed by atoms with Crippen LogP contribution in [0, 0.1) is 29.6 Å². The highest BCUT2D eigenvalue weighted by atomic mass is 32.1. The van der Waals surface area contributed by atoms with E-state index in [1.807, 2.05) is 0 Å². The van der Waals surface area contributed by atoms with Gasteiger partial charge in [0.15, 0.2) is 0 Å². The predicted octanol–water partition coefficient (Wildman–Crippen LogP) is -3.37. The number of aromatic amines is 2. The number of carbonyl (C=O) groups is 21. The number of carbonyl (C=O) groups excluding carboxylic acids is 17. The molecule has 0 spiro atoms. The molecule has 1 fully saturated rings. The molecule has 48 heteroatoms. The number of para-hydroxylation sites is 2. The number of hydrogen-bond donors (Lipinski definition) is 26. The van der Waals surface area contributed by atoms with Gasteiger partial charge in [-0.1, -0.05) is 112 Å². The second kappa shape index (κ2) is 55.1. The Morgan fingerprint density at radius 1 is 0.419 bits per heavy atom. The Hall–Kier alpha value is -13.0. The van der Waals surface area contributed by atoms with Crippen LogP contribution in [0.4, 0.5) is 0 Å². The third-order valence-electron chi connectivity index (χ3n) is 22.7. The first kappa shape index (κ1) is 114. The number of nitrogens with zero attached hydrogens (tertiary/aromatic N) is 1. The minimum absolute atomic E-state index is 0.0363. The molecule has 17 atom stereocenters. The van der Waals surface area contributed by atoms with Crippen LogP contribution < -0.4 is 97.4 Å². The minimum Gasteiger partial charge on any atom is -0.481 e. The number of nitrogens with two attached hydrogens (primary N) is 4. The number of unbranched alkanes of at least 4 members (excludes halogenated alkanes) is 1. The second-order valence-corrected chi connectivity index (χ2v) is 35.7. The van der Waals surface area contributed by atoms with Crippen LogP contribution in [-0.4, -0.2) is 281 Å². The van der Waals surface area contributed by atoms with Crippen molar-refractivity contribution in [3.05, 3.63) is 72.1 Å². The highest BCUT2D eigenvalue weighted by Gasteiger charge is 2.44. The molecule has 2 aromatic carbocycles. The van der Waals surface area contributed by atoms with E-state index >= 15 is 0 Å². The lowest BCUT2D eigenvalue weighted by Crippen LogP contribution is -2.62. The van der Waals surface area contributed by atoms with Gasteiger partial charge < -0.3 is 133 Å². The molecule has 28 N–H and O–H groups in total. The number of rotatable bonds is 59. The van der Waals surface area contributed by atoms with E-state index in [4.69, 9.17) is 22.9 Å². The van der Waals surface area contributed by atoms with Crippen LogP contribution >= 0.6 is 25.3 Å². The fourth-order valence-electron chi connectivity index (χ4n) is 15.0. The molecule has 2 aromatic heterocycles. The summed E-state index contributed by atoms with van der Waals surface area (Å²) >= 11 is 8.54. The largest absolute Gasteiger partial charge is 0.481 e. The molecule has 0 bridgehead atoms. The third kappa shape index (κ3) is 35.4. The summed E-state index contributed by atoms with van der Waals surface area (Å²) in [6, 6.07) is -12.1. The number of H-pyrrole nitrogens is 2. The van der Waals surface area contributed by atoms with Gasteiger partial charge in [0.05, 0.1) is 25.3 Å². The molecule has 136 heavy (non-hydrogen) atoms. The van der Waals surface area contributed by atoms with Crippen molar-refractivity contribution < 1.29 is 121 Å². The van der Waals surface area contributed by atoms with Crippen LogP contribution in [0.3, 0.4) is 0 Å². The van der Waals surface area contributed by atoms with E-state index in [0.29, 0.717) is 32.9 Å². The fourth-order valence-corrected chi connectivity index (χ4v) is 15.5. The lowest BCUT2D eigenvalue weighted by molar-refractivity contribution is -0.145. The maximum atomic E-state index is 15.0. The molecule has 1 saturated heterocycles. The lowest BCUT2D eigenvalue weighted by atomic mass is 9.95. The number of nitrogens with one attached hydrogen (secondary N) is 16. The van der Waals surface area contributed by atoms with Crippen molar-refractivity contribution in [2.24, 2.45) is 52.5 Å². The zero-order valence-corrected chi connectivity index (χ0v) is 79.3. The number of aromatic nitrogens is 2. The van der Waals surface area contributed by atoms with Crippen LogP contribution in [0.25, 0.3) is 21.8 Å². The number of aliphatic carboxylic acids is 4. The first-order valence-electron chi connectivity index (χ1n) is 44.8. The number of carboxylic acids is 4. The number of thiol groups is 2. The van der Waals surface area contributed by atoms with Crippen molar-refractivity contribution in [3.63, 3.8) is 0 Å². The van der Waals surface area contributed by atoms with E-state index in [0.717, 1.165) is 4.90 Å². The van der Waals surface area contributed by atoms with Gasteiger partial charge in [-0.05, 0) is 111 Å². The summed E-state index contributed by atoms with van der Waals surface area (Å²) in [5.41, 5.74) is 25.0. The summed E-state index contributed by atoms with van der Waals surface area (Å²) < 4.78 is 0. The van der Waals surface area contributed by atoms with E-state index in [1.54, 1.807) is 96.3 Å². The Bertz CT molecular complexity index is 4930. The number of amides is 17. The Kier molecular flexibility index (Phi) is 46.0. The molecule has 17 amide bonds. The van der Waals surface area contributed by atoms with Gasteiger partial charge in [-0.3, -0.25) is 95.9 Å². The van der Waals surface area contributed by atoms with E-state index in [-0.39, 0.29) is 76.8 Å². The van der Waals surface area contributed by atoms with Crippen molar-refractivity contribution in [1.82, 2.24) is 89.3 Å². The van der Waals surface area contributed by atoms with E-state index in [1.165, 1.54) is 33.9 Å². The first-order valence-corrected chi connectivity index (χ1v) is 46.1. The summed E-state index contributed by atoms with van der Waals surface area (Å²) in [5.74, 6) is -28.0. The third-order valence-corrected chi connectivity index (χ3v) is 23.5. The summed E-state index contributed by atoms with van der Waals surface area (Å²) in [7, 11) is 0. The van der Waals surface area contributed by atoms with Gasteiger partial charge in [0.2, 0.25) is 100 Å². The van der Waals surface area contributed by atoms with Crippen LogP contribution in [0.1, 0.15) is 170 Å². The summed E-state index contributed by atoms with van der Waals surface area (Å²) in [4.78, 5) is 296. The maximum Gasteiger partial charge on any atom is 0.326 e. The first-order chi connectivity index (χ1) is 64.0. The molecule has 0 radical (unpaired) electrons. The number of fused-ring (bicyclic) bond motifs is 2. The number of benzene rings is 2. The number of carboxylic acid groups (broad SMARTS) is 4. The smallest absolute Gasteiger partial charge is 0.326 e. The number of primary amides is 2. The van der Waals surface area contributed by atoms with Gasteiger partial charge in [0.25, 0.3) is 0 Å². The van der Waals surface area contributed by atoms with Crippen LogP contribution in [-0.2, 0) is 114 Å². The van der Waals surface area contributed by atoms with Crippen molar-refractivity contribution in [2.75, 3.05) is 24.6 Å². The SMILES string of the molecule is CC[C@H](C)[C@H](NC(=O)[C@@H](NC(=O)[C@H](CCC(=O)O)NC(=O)[C@H](CS)NC(=O)[C@@H](NC(=O)[C@H](Cc1c[nH]c2ccccc12)NC(=O)[C@@H](N)CC(=O)O)C(C)C)C(C)C)C(=O)N[C@@H](CCCCN)C(=O)N[C@@H](CC(=O)O)C(=O)N[C@@H](CCC(N)=O)C(=O)N[C@@H](Cc1c[nH]c2ccccc12)C(=O)N[C@H](C(=O)N[C@@H](CS)C(=O)N[C@@H](CC(N)=O)C(=O)N1CCC[C@H]1C(=O)N[C@@H](CC(C)C)C(=O)O)C(C)C. The second-order valence-electron chi connectivity index (χ2n) is 35.0. The van der Waals surface area contributed by atoms with Crippen LogP contribution in [0.2, 0.25) is 0 Å². The molecule has 5 rings (SSSR count). The van der Waals surface area contributed by atoms with Crippen molar-refractivity contribution in [3.8, 4) is 0 Å². The molecule has 750 valence electrons. The van der Waals surface area contributed by atoms with Crippen molar-refractivity contribution in [2.45, 2.75) is 269 Å². The molecular formula is C88H131N21O25S2. The Labute approximate surface area is 795 Å². The van der Waals surface area contributed by atoms with Crippen LogP contribution in [0.15, 0.2) is 60.9 Å². The molecule has 0 unspecified atom stereocenters. The van der Waals surface area contributed by atoms with Gasteiger partial charge in [-0.25, -0.2) is 4.79 Å². The summed E-state index contributed by atoms with van der Waals surface area (Å²) in [5, 5.41) is 75.3. The molecule has 1 aliphatic rings. The molecule has 1 aliphatic heterocycles. The summed E-state index contributed by atoms with van der Waals surface area (Å²) in [6.45, 7) is 15.8. The number of likely N-dealkylation sites (tertiary alicyclic amines) is 1. The summed E-state index contributed by atoms with van der Waals surface area (Å²) in [6.07, 6.45) is -2.17.